The van der Waals surface area contributed by atoms with Gasteiger partial charge in [-0.25, -0.2) is 4.68 Å². The maximum Gasteiger partial charge on any atom is 0.169 e. The van der Waals surface area contributed by atoms with Crippen LogP contribution in [0.15, 0.2) is 63.9 Å². The van der Waals surface area contributed by atoms with Crippen LogP contribution in [-0.2, 0) is 0 Å². The lowest BCUT2D eigenvalue weighted by Crippen LogP contribution is -2.08. The normalized spacial score (nSPS) is 12.3. The molecule has 0 radical (unpaired) electrons. The SMILES string of the molecule is CC(Nc1ccccc1-n1cccn1)c1ccc(Br)o1. The number of halogens is 1. The number of hydrogen-bond acceptors (Lipinski definition) is 3. The molecule has 0 saturated heterocycles. The van der Waals surface area contributed by atoms with E-state index in [1.54, 1.807) is 6.20 Å². The van der Waals surface area contributed by atoms with Crippen molar-refractivity contribution in [2.45, 2.75) is 13.0 Å². The van der Waals surface area contributed by atoms with Crippen molar-refractivity contribution in [2.75, 3.05) is 5.32 Å². The van der Waals surface area contributed by atoms with E-state index in [2.05, 4.69) is 33.3 Å². The van der Waals surface area contributed by atoms with Crippen LogP contribution in [0.1, 0.15) is 18.7 Å². The average Bonchev–Trinajstić information content (AvgIpc) is 3.10. The van der Waals surface area contributed by atoms with Gasteiger partial charge in [-0.1, -0.05) is 12.1 Å². The van der Waals surface area contributed by atoms with Crippen LogP contribution < -0.4 is 5.32 Å². The highest BCUT2D eigenvalue weighted by Gasteiger charge is 2.12. The third-order valence-electron chi connectivity index (χ3n) is 3.05. The molecular formula is C15H14BrN3O. The first-order valence-electron chi connectivity index (χ1n) is 6.35. The fraction of sp³-hybridized carbons (Fsp3) is 0.133. The summed E-state index contributed by atoms with van der Waals surface area (Å²) in [5, 5.41) is 7.73. The Morgan fingerprint density at radius 1 is 1.20 bits per heavy atom. The van der Waals surface area contributed by atoms with Crippen LogP contribution in [0, 0.1) is 0 Å². The van der Waals surface area contributed by atoms with Gasteiger partial charge in [0.25, 0.3) is 0 Å². The molecule has 0 aliphatic heterocycles. The standard InChI is InChI=1S/C15H14BrN3O/c1-11(14-7-8-15(16)20-14)18-12-5-2-3-6-13(12)19-10-4-9-17-19/h2-11,18H,1H3. The largest absolute Gasteiger partial charge is 0.452 e. The van der Waals surface area contributed by atoms with Crippen LogP contribution in [0.3, 0.4) is 0 Å². The van der Waals surface area contributed by atoms with E-state index in [0.29, 0.717) is 0 Å². The molecule has 102 valence electrons. The summed E-state index contributed by atoms with van der Waals surface area (Å²) in [6.07, 6.45) is 3.69. The maximum absolute atomic E-state index is 5.58. The van der Waals surface area contributed by atoms with Gasteiger partial charge in [-0.15, -0.1) is 0 Å². The predicted molar refractivity (Wildman–Crippen MR) is 82.0 cm³/mol. The molecule has 1 atom stereocenters. The first kappa shape index (κ1) is 13.0. The molecule has 1 N–H and O–H groups in total. The second-order valence-electron chi connectivity index (χ2n) is 4.48. The van der Waals surface area contributed by atoms with E-state index in [1.165, 1.54) is 0 Å². The topological polar surface area (TPSA) is 43.0 Å². The van der Waals surface area contributed by atoms with Crippen molar-refractivity contribution in [3.63, 3.8) is 0 Å². The molecule has 5 heteroatoms. The van der Waals surface area contributed by atoms with Gasteiger partial charge in [-0.3, -0.25) is 0 Å². The lowest BCUT2D eigenvalue weighted by molar-refractivity contribution is 0.471. The molecule has 0 amide bonds. The Hall–Kier alpha value is -2.01. The van der Waals surface area contributed by atoms with E-state index >= 15 is 0 Å². The molecule has 0 saturated carbocycles. The minimum Gasteiger partial charge on any atom is -0.452 e. The third-order valence-corrected chi connectivity index (χ3v) is 3.47. The molecule has 0 aliphatic carbocycles. The van der Waals surface area contributed by atoms with E-state index < -0.39 is 0 Å². The van der Waals surface area contributed by atoms with Gasteiger partial charge in [-0.05, 0) is 53.2 Å². The first-order chi connectivity index (χ1) is 9.74. The molecule has 2 heterocycles. The number of nitrogens with one attached hydrogen (secondary N) is 1. The van der Waals surface area contributed by atoms with Gasteiger partial charge >= 0.3 is 0 Å². The molecule has 4 nitrogen and oxygen atoms in total. The lowest BCUT2D eigenvalue weighted by atomic mass is 10.2. The highest BCUT2D eigenvalue weighted by Crippen LogP contribution is 2.26. The molecule has 1 unspecified atom stereocenters. The van der Waals surface area contributed by atoms with Gasteiger partial charge < -0.3 is 9.73 Å². The summed E-state index contributed by atoms with van der Waals surface area (Å²) in [4.78, 5) is 0. The van der Waals surface area contributed by atoms with Crippen molar-refractivity contribution in [2.24, 2.45) is 0 Å². The van der Waals surface area contributed by atoms with Crippen LogP contribution >= 0.6 is 15.9 Å². The molecule has 0 fully saturated rings. The van der Waals surface area contributed by atoms with Crippen molar-refractivity contribution < 1.29 is 4.42 Å². The Morgan fingerprint density at radius 2 is 2.05 bits per heavy atom. The minimum atomic E-state index is 0.0676. The van der Waals surface area contributed by atoms with Crippen molar-refractivity contribution in [1.29, 1.82) is 0 Å². The molecule has 0 aliphatic rings. The van der Waals surface area contributed by atoms with Gasteiger partial charge in [-0.2, -0.15) is 5.10 Å². The molecule has 20 heavy (non-hydrogen) atoms. The van der Waals surface area contributed by atoms with Gasteiger partial charge in [0.15, 0.2) is 4.67 Å². The highest BCUT2D eigenvalue weighted by molar-refractivity contribution is 9.10. The highest BCUT2D eigenvalue weighted by atomic mass is 79.9. The van der Waals surface area contributed by atoms with Gasteiger partial charge in [0, 0.05) is 12.4 Å². The van der Waals surface area contributed by atoms with E-state index in [-0.39, 0.29) is 6.04 Å². The average molecular weight is 332 g/mol. The molecule has 2 aromatic heterocycles. The summed E-state index contributed by atoms with van der Waals surface area (Å²) in [5.74, 6) is 0.882. The third kappa shape index (κ3) is 2.63. The van der Waals surface area contributed by atoms with Crippen molar-refractivity contribution in [3.05, 3.63) is 65.3 Å². The molecule has 0 spiro atoms. The fourth-order valence-corrected chi connectivity index (χ4v) is 2.39. The number of aromatic nitrogens is 2. The van der Waals surface area contributed by atoms with Crippen molar-refractivity contribution in [3.8, 4) is 5.69 Å². The van der Waals surface area contributed by atoms with E-state index in [4.69, 9.17) is 4.42 Å². The van der Waals surface area contributed by atoms with E-state index in [9.17, 15) is 0 Å². The summed E-state index contributed by atoms with van der Waals surface area (Å²) in [6, 6.07) is 13.9. The lowest BCUT2D eigenvalue weighted by Gasteiger charge is -2.16. The molecule has 1 aromatic carbocycles. The van der Waals surface area contributed by atoms with E-state index in [0.717, 1.165) is 21.8 Å². The number of hydrogen-bond donors (Lipinski definition) is 1. The Balaban J connectivity index is 1.88. The minimum absolute atomic E-state index is 0.0676. The Labute approximate surface area is 125 Å². The second kappa shape index (κ2) is 5.54. The second-order valence-corrected chi connectivity index (χ2v) is 5.26. The van der Waals surface area contributed by atoms with Crippen LogP contribution in [0.5, 0.6) is 0 Å². The zero-order valence-corrected chi connectivity index (χ0v) is 12.5. The number of para-hydroxylation sites is 2. The Kier molecular flexibility index (Phi) is 3.60. The maximum atomic E-state index is 5.58. The van der Waals surface area contributed by atoms with Crippen LogP contribution in [0.25, 0.3) is 5.69 Å². The fourth-order valence-electron chi connectivity index (χ4n) is 2.07. The zero-order chi connectivity index (χ0) is 13.9. The first-order valence-corrected chi connectivity index (χ1v) is 7.14. The quantitative estimate of drug-likeness (QED) is 0.770. The monoisotopic (exact) mass is 331 g/mol. The summed E-state index contributed by atoms with van der Waals surface area (Å²) < 4.78 is 8.16. The van der Waals surface area contributed by atoms with Gasteiger partial charge in [0.05, 0.1) is 17.4 Å². The van der Waals surface area contributed by atoms with Crippen LogP contribution in [0.4, 0.5) is 5.69 Å². The molecule has 3 aromatic rings. The molecular weight excluding hydrogens is 318 g/mol. The van der Waals surface area contributed by atoms with Gasteiger partial charge in [0.2, 0.25) is 0 Å². The van der Waals surface area contributed by atoms with Crippen molar-refractivity contribution >= 4 is 21.6 Å². The van der Waals surface area contributed by atoms with Crippen molar-refractivity contribution in [1.82, 2.24) is 9.78 Å². The predicted octanol–water partition coefficient (Wildman–Crippen LogP) is 4.40. The number of anilines is 1. The number of furan rings is 1. The van der Waals surface area contributed by atoms with Crippen LogP contribution in [-0.4, -0.2) is 9.78 Å². The Bertz CT molecular complexity index is 691. The summed E-state index contributed by atoms with van der Waals surface area (Å²) >= 11 is 3.32. The molecule has 3 rings (SSSR count). The zero-order valence-electron chi connectivity index (χ0n) is 11.0. The van der Waals surface area contributed by atoms with Crippen LogP contribution in [0.2, 0.25) is 0 Å². The number of rotatable bonds is 4. The number of nitrogens with zero attached hydrogens (tertiary/aromatic N) is 2. The van der Waals surface area contributed by atoms with Gasteiger partial charge in [0.1, 0.15) is 5.76 Å². The smallest absolute Gasteiger partial charge is 0.169 e. The summed E-state index contributed by atoms with van der Waals surface area (Å²) in [6.45, 7) is 2.06. The summed E-state index contributed by atoms with van der Waals surface area (Å²) in [5.41, 5.74) is 2.02. The number of benzene rings is 1. The molecule has 0 bridgehead atoms. The Morgan fingerprint density at radius 3 is 2.75 bits per heavy atom. The summed E-state index contributed by atoms with van der Waals surface area (Å²) in [7, 11) is 0. The van der Waals surface area contributed by atoms with E-state index in [1.807, 2.05) is 53.3 Å².